The SMILES string of the molecule is COc1ccc(C(=O)/C=C/c2cccn2-c2ccc([N+](=O)[O-])cc2)cc1OC. The van der Waals surface area contributed by atoms with Crippen LogP contribution in [0.5, 0.6) is 11.5 Å². The second kappa shape index (κ2) is 8.22. The average Bonchev–Trinajstić information content (AvgIpc) is 3.20. The van der Waals surface area contributed by atoms with Gasteiger partial charge in [0.1, 0.15) is 0 Å². The number of carbonyl (C=O) groups is 1. The number of benzene rings is 2. The fraction of sp³-hybridized carbons (Fsp3) is 0.0952. The summed E-state index contributed by atoms with van der Waals surface area (Å²) in [5.74, 6) is 0.850. The summed E-state index contributed by atoms with van der Waals surface area (Å²) in [6, 6.07) is 14.9. The molecule has 2 aromatic carbocycles. The van der Waals surface area contributed by atoms with E-state index in [1.54, 1.807) is 36.4 Å². The molecule has 28 heavy (non-hydrogen) atoms. The molecule has 7 heteroatoms. The number of aromatic nitrogens is 1. The third-order valence-corrected chi connectivity index (χ3v) is 4.19. The molecule has 0 N–H and O–H groups in total. The second-order valence-electron chi connectivity index (χ2n) is 5.84. The first kappa shape index (κ1) is 18.9. The quantitative estimate of drug-likeness (QED) is 0.265. The number of non-ortho nitro benzene ring substituents is 1. The van der Waals surface area contributed by atoms with E-state index in [1.807, 2.05) is 22.9 Å². The number of nitro benzene ring substituents is 1. The van der Waals surface area contributed by atoms with Crippen molar-refractivity contribution in [3.05, 3.63) is 88.2 Å². The van der Waals surface area contributed by atoms with Gasteiger partial charge >= 0.3 is 0 Å². The van der Waals surface area contributed by atoms with Crippen LogP contribution in [0.3, 0.4) is 0 Å². The predicted octanol–water partition coefficient (Wildman–Crippen LogP) is 4.30. The summed E-state index contributed by atoms with van der Waals surface area (Å²) >= 11 is 0. The Morgan fingerprint density at radius 3 is 2.39 bits per heavy atom. The van der Waals surface area contributed by atoms with Gasteiger partial charge in [0.2, 0.25) is 0 Å². The van der Waals surface area contributed by atoms with Crippen molar-refractivity contribution in [3.63, 3.8) is 0 Å². The molecule has 0 spiro atoms. The maximum Gasteiger partial charge on any atom is 0.269 e. The Kier molecular flexibility index (Phi) is 5.55. The zero-order chi connectivity index (χ0) is 20.1. The Morgan fingerprint density at radius 1 is 1.04 bits per heavy atom. The Morgan fingerprint density at radius 2 is 1.75 bits per heavy atom. The number of carbonyl (C=O) groups excluding carboxylic acids is 1. The number of nitrogens with zero attached hydrogens (tertiary/aromatic N) is 2. The van der Waals surface area contributed by atoms with Crippen LogP contribution in [-0.2, 0) is 0 Å². The van der Waals surface area contributed by atoms with Gasteiger partial charge in [0, 0.05) is 35.3 Å². The van der Waals surface area contributed by atoms with E-state index >= 15 is 0 Å². The molecular weight excluding hydrogens is 360 g/mol. The first-order chi connectivity index (χ1) is 13.5. The lowest BCUT2D eigenvalue weighted by Crippen LogP contribution is -1.98. The number of hydrogen-bond acceptors (Lipinski definition) is 5. The number of ether oxygens (including phenoxy) is 2. The van der Waals surface area contributed by atoms with Gasteiger partial charge in [-0.1, -0.05) is 0 Å². The molecule has 0 bridgehead atoms. The molecule has 1 aromatic heterocycles. The molecule has 1 heterocycles. The highest BCUT2D eigenvalue weighted by Gasteiger charge is 2.10. The molecule has 0 fully saturated rings. The van der Waals surface area contributed by atoms with Crippen LogP contribution in [0.1, 0.15) is 16.1 Å². The van der Waals surface area contributed by atoms with E-state index in [-0.39, 0.29) is 11.5 Å². The lowest BCUT2D eigenvalue weighted by atomic mass is 10.1. The number of hydrogen-bond donors (Lipinski definition) is 0. The molecule has 3 rings (SSSR count). The summed E-state index contributed by atoms with van der Waals surface area (Å²) in [6.45, 7) is 0. The molecule has 7 nitrogen and oxygen atoms in total. The first-order valence-corrected chi connectivity index (χ1v) is 8.40. The molecule has 0 unspecified atom stereocenters. The molecule has 0 saturated heterocycles. The highest BCUT2D eigenvalue weighted by molar-refractivity contribution is 6.07. The fourth-order valence-corrected chi connectivity index (χ4v) is 2.75. The van der Waals surface area contributed by atoms with Gasteiger partial charge in [-0.3, -0.25) is 14.9 Å². The van der Waals surface area contributed by atoms with Gasteiger partial charge in [-0.25, -0.2) is 0 Å². The summed E-state index contributed by atoms with van der Waals surface area (Å²) < 4.78 is 12.2. The van der Waals surface area contributed by atoms with Crippen molar-refractivity contribution in [2.75, 3.05) is 14.2 Å². The number of nitro groups is 1. The van der Waals surface area contributed by atoms with Crippen molar-refractivity contribution in [1.29, 1.82) is 0 Å². The first-order valence-electron chi connectivity index (χ1n) is 8.40. The van der Waals surface area contributed by atoms with Crippen LogP contribution in [0.4, 0.5) is 5.69 Å². The van der Waals surface area contributed by atoms with Crippen molar-refractivity contribution in [3.8, 4) is 17.2 Å². The maximum atomic E-state index is 12.5. The van der Waals surface area contributed by atoms with Gasteiger partial charge in [0.25, 0.3) is 5.69 Å². The monoisotopic (exact) mass is 378 g/mol. The smallest absolute Gasteiger partial charge is 0.269 e. The molecule has 0 amide bonds. The molecule has 0 aliphatic heterocycles. The minimum Gasteiger partial charge on any atom is -0.493 e. The highest BCUT2D eigenvalue weighted by atomic mass is 16.6. The lowest BCUT2D eigenvalue weighted by Gasteiger charge is -2.08. The number of methoxy groups -OCH3 is 2. The molecule has 0 radical (unpaired) electrons. The Labute approximate surface area is 161 Å². The van der Waals surface area contributed by atoms with Gasteiger partial charge in [-0.05, 0) is 54.6 Å². The normalized spacial score (nSPS) is 10.8. The largest absolute Gasteiger partial charge is 0.493 e. The predicted molar refractivity (Wildman–Crippen MR) is 105 cm³/mol. The topological polar surface area (TPSA) is 83.6 Å². The van der Waals surface area contributed by atoms with Gasteiger partial charge < -0.3 is 14.0 Å². The van der Waals surface area contributed by atoms with Crippen molar-refractivity contribution in [1.82, 2.24) is 4.57 Å². The van der Waals surface area contributed by atoms with E-state index < -0.39 is 4.92 Å². The van der Waals surface area contributed by atoms with Crippen LogP contribution in [0, 0.1) is 10.1 Å². The van der Waals surface area contributed by atoms with E-state index in [1.165, 1.54) is 32.4 Å². The summed E-state index contributed by atoms with van der Waals surface area (Å²) in [5.41, 5.74) is 2.02. The highest BCUT2D eigenvalue weighted by Crippen LogP contribution is 2.28. The van der Waals surface area contributed by atoms with E-state index in [0.29, 0.717) is 17.1 Å². The van der Waals surface area contributed by atoms with Crippen LogP contribution >= 0.6 is 0 Å². The molecule has 142 valence electrons. The van der Waals surface area contributed by atoms with Gasteiger partial charge in [0.05, 0.1) is 19.1 Å². The Bertz CT molecular complexity index is 1040. The molecule has 0 saturated carbocycles. The minimum absolute atomic E-state index is 0.0247. The van der Waals surface area contributed by atoms with Crippen molar-refractivity contribution in [2.24, 2.45) is 0 Å². The zero-order valence-electron chi connectivity index (χ0n) is 15.4. The van der Waals surface area contributed by atoms with E-state index in [2.05, 4.69) is 0 Å². The van der Waals surface area contributed by atoms with Crippen molar-refractivity contribution in [2.45, 2.75) is 0 Å². The standard InChI is InChI=1S/C21H18N2O5/c1-27-20-12-5-15(14-21(20)28-2)19(24)11-10-16-4-3-13-22(16)17-6-8-18(9-7-17)23(25)26/h3-14H,1-2H3/b11-10+. The number of ketones is 1. The van der Waals surface area contributed by atoms with Crippen molar-refractivity contribution >= 4 is 17.5 Å². The lowest BCUT2D eigenvalue weighted by molar-refractivity contribution is -0.384. The third-order valence-electron chi connectivity index (χ3n) is 4.19. The van der Waals surface area contributed by atoms with Gasteiger partial charge in [-0.2, -0.15) is 0 Å². The Balaban J connectivity index is 1.83. The van der Waals surface area contributed by atoms with Crippen LogP contribution < -0.4 is 9.47 Å². The molecule has 0 aliphatic carbocycles. The summed E-state index contributed by atoms with van der Waals surface area (Å²) in [6.07, 6.45) is 4.99. The Hall–Kier alpha value is -3.87. The number of rotatable bonds is 7. The summed E-state index contributed by atoms with van der Waals surface area (Å²) in [4.78, 5) is 22.9. The molecular formula is C21H18N2O5. The fourth-order valence-electron chi connectivity index (χ4n) is 2.75. The van der Waals surface area contributed by atoms with E-state index in [0.717, 1.165) is 11.4 Å². The maximum absolute atomic E-state index is 12.5. The van der Waals surface area contributed by atoms with Crippen LogP contribution in [0.25, 0.3) is 11.8 Å². The molecule has 0 aliphatic rings. The average molecular weight is 378 g/mol. The summed E-state index contributed by atoms with van der Waals surface area (Å²) in [7, 11) is 3.05. The number of allylic oxidation sites excluding steroid dienone is 1. The van der Waals surface area contributed by atoms with Crippen molar-refractivity contribution < 1.29 is 19.2 Å². The van der Waals surface area contributed by atoms with E-state index in [9.17, 15) is 14.9 Å². The van der Waals surface area contributed by atoms with Crippen LogP contribution in [0.15, 0.2) is 66.9 Å². The molecule has 0 atom stereocenters. The van der Waals surface area contributed by atoms with Crippen LogP contribution in [0.2, 0.25) is 0 Å². The minimum atomic E-state index is -0.442. The summed E-state index contributed by atoms with van der Waals surface area (Å²) in [5, 5.41) is 10.8. The zero-order valence-corrected chi connectivity index (χ0v) is 15.4. The second-order valence-corrected chi connectivity index (χ2v) is 5.84. The molecule has 3 aromatic rings. The van der Waals surface area contributed by atoms with Gasteiger partial charge in [-0.15, -0.1) is 0 Å². The van der Waals surface area contributed by atoms with Crippen LogP contribution in [-0.4, -0.2) is 29.5 Å². The van der Waals surface area contributed by atoms with E-state index in [4.69, 9.17) is 9.47 Å². The third kappa shape index (κ3) is 3.93. The van der Waals surface area contributed by atoms with Gasteiger partial charge in [0.15, 0.2) is 17.3 Å².